The Morgan fingerprint density at radius 1 is 1.41 bits per heavy atom. The number of benzene rings is 1. The first kappa shape index (κ1) is 16.2. The second kappa shape index (κ2) is 7.17. The Bertz CT molecular complexity index is 712. The molecule has 2 rings (SSSR count). The molecule has 0 saturated heterocycles. The van der Waals surface area contributed by atoms with Gasteiger partial charge in [-0.15, -0.1) is 0 Å². The molecule has 0 aliphatic rings. The van der Waals surface area contributed by atoms with E-state index in [0.717, 1.165) is 11.3 Å². The molecule has 8 heteroatoms. The average molecular weight is 328 g/mol. The zero-order chi connectivity index (χ0) is 16.1. The van der Waals surface area contributed by atoms with Gasteiger partial charge in [-0.2, -0.15) is 8.78 Å². The number of amides is 1. The highest BCUT2D eigenvalue weighted by molar-refractivity contribution is 7.07. The van der Waals surface area contributed by atoms with Crippen molar-refractivity contribution in [1.82, 2.24) is 9.88 Å². The number of carbonyl (C=O) groups excluding carboxylic acids is 1. The molecule has 0 fully saturated rings. The number of nitrogens with one attached hydrogen (secondary N) is 1. The van der Waals surface area contributed by atoms with Crippen LogP contribution in [0.5, 0.6) is 5.75 Å². The van der Waals surface area contributed by atoms with Gasteiger partial charge < -0.3 is 10.1 Å². The SMILES string of the molecule is Cc1csc(=O)n1CC(=O)NCc1ccccc1OC(F)F. The van der Waals surface area contributed by atoms with E-state index in [4.69, 9.17) is 0 Å². The third-order valence-corrected chi connectivity index (χ3v) is 3.82. The molecular formula is C14H14F2N2O3S. The van der Waals surface area contributed by atoms with Crippen molar-refractivity contribution in [3.05, 3.63) is 50.6 Å². The van der Waals surface area contributed by atoms with E-state index in [2.05, 4.69) is 10.1 Å². The monoisotopic (exact) mass is 328 g/mol. The van der Waals surface area contributed by atoms with Crippen LogP contribution in [-0.2, 0) is 17.9 Å². The molecule has 0 aliphatic heterocycles. The van der Waals surface area contributed by atoms with Gasteiger partial charge in [-0.1, -0.05) is 29.5 Å². The summed E-state index contributed by atoms with van der Waals surface area (Å²) in [5.41, 5.74) is 1.14. The fraction of sp³-hybridized carbons (Fsp3) is 0.286. The van der Waals surface area contributed by atoms with Crippen LogP contribution in [0.1, 0.15) is 11.3 Å². The summed E-state index contributed by atoms with van der Waals surface area (Å²) < 4.78 is 30.3. The molecular weight excluding hydrogens is 314 g/mol. The second-order valence-electron chi connectivity index (χ2n) is 4.49. The van der Waals surface area contributed by atoms with Gasteiger partial charge in [-0.3, -0.25) is 14.2 Å². The fourth-order valence-electron chi connectivity index (χ4n) is 1.85. The molecule has 5 nitrogen and oxygen atoms in total. The van der Waals surface area contributed by atoms with Gasteiger partial charge in [0.2, 0.25) is 5.91 Å². The first-order valence-corrected chi connectivity index (χ1v) is 7.29. The normalized spacial score (nSPS) is 10.7. The summed E-state index contributed by atoms with van der Waals surface area (Å²) in [5.74, 6) is -0.364. The zero-order valence-electron chi connectivity index (χ0n) is 11.7. The summed E-state index contributed by atoms with van der Waals surface area (Å²) in [6.45, 7) is -1.26. The molecule has 1 aromatic heterocycles. The number of hydrogen-bond acceptors (Lipinski definition) is 4. The highest BCUT2D eigenvalue weighted by atomic mass is 32.1. The van der Waals surface area contributed by atoms with Crippen molar-refractivity contribution in [3.8, 4) is 5.75 Å². The Hall–Kier alpha value is -2.22. The number of thiazole rings is 1. The van der Waals surface area contributed by atoms with Gasteiger partial charge in [0.05, 0.1) is 0 Å². The predicted molar refractivity (Wildman–Crippen MR) is 78.2 cm³/mol. The quantitative estimate of drug-likeness (QED) is 0.884. The van der Waals surface area contributed by atoms with Crippen molar-refractivity contribution in [2.24, 2.45) is 0 Å². The molecule has 0 aliphatic carbocycles. The maximum Gasteiger partial charge on any atom is 0.387 e. The summed E-state index contributed by atoms with van der Waals surface area (Å²) in [6, 6.07) is 6.21. The number of halogens is 2. The van der Waals surface area contributed by atoms with Crippen LogP contribution in [0, 0.1) is 6.92 Å². The van der Waals surface area contributed by atoms with Crippen LogP contribution < -0.4 is 14.9 Å². The number of ether oxygens (including phenoxy) is 1. The molecule has 0 saturated carbocycles. The average Bonchev–Trinajstić information content (AvgIpc) is 2.78. The number of para-hydroxylation sites is 1. The first-order chi connectivity index (χ1) is 10.5. The largest absolute Gasteiger partial charge is 0.434 e. The Morgan fingerprint density at radius 3 is 2.77 bits per heavy atom. The van der Waals surface area contributed by atoms with E-state index in [0.29, 0.717) is 11.3 Å². The standard InChI is InChI=1S/C14H14F2N2O3S/c1-9-8-22-14(20)18(9)7-12(19)17-6-10-4-2-3-5-11(10)21-13(15)16/h2-5,8,13H,6-7H2,1H3,(H,17,19). The molecule has 0 atom stereocenters. The van der Waals surface area contributed by atoms with Gasteiger partial charge in [0.15, 0.2) is 0 Å². The van der Waals surface area contributed by atoms with Crippen LogP contribution >= 0.6 is 11.3 Å². The van der Waals surface area contributed by atoms with E-state index in [-0.39, 0.29) is 29.6 Å². The van der Waals surface area contributed by atoms with Gasteiger partial charge >= 0.3 is 11.5 Å². The van der Waals surface area contributed by atoms with Crippen LogP contribution in [0.2, 0.25) is 0 Å². The number of aromatic nitrogens is 1. The van der Waals surface area contributed by atoms with E-state index >= 15 is 0 Å². The molecule has 0 spiro atoms. The third kappa shape index (κ3) is 4.14. The number of nitrogens with zero attached hydrogens (tertiary/aromatic N) is 1. The number of rotatable bonds is 6. The van der Waals surface area contributed by atoms with Crippen molar-refractivity contribution in [2.45, 2.75) is 26.6 Å². The maximum absolute atomic E-state index is 12.3. The van der Waals surface area contributed by atoms with E-state index in [1.165, 1.54) is 10.6 Å². The van der Waals surface area contributed by atoms with E-state index in [1.807, 2.05) is 0 Å². The predicted octanol–water partition coefficient (Wildman–Crippen LogP) is 2.14. The van der Waals surface area contributed by atoms with Crippen molar-refractivity contribution in [2.75, 3.05) is 0 Å². The zero-order valence-corrected chi connectivity index (χ0v) is 12.5. The molecule has 1 heterocycles. The van der Waals surface area contributed by atoms with Crippen molar-refractivity contribution < 1.29 is 18.3 Å². The van der Waals surface area contributed by atoms with Crippen molar-refractivity contribution >= 4 is 17.2 Å². The Balaban J connectivity index is 1.98. The van der Waals surface area contributed by atoms with E-state index in [1.54, 1.807) is 30.5 Å². The van der Waals surface area contributed by atoms with Gasteiger partial charge in [-0.05, 0) is 13.0 Å². The van der Waals surface area contributed by atoms with Crippen LogP contribution in [-0.4, -0.2) is 17.1 Å². The summed E-state index contributed by atoms with van der Waals surface area (Å²) in [5, 5.41) is 4.25. The molecule has 0 radical (unpaired) electrons. The topological polar surface area (TPSA) is 60.3 Å². The molecule has 0 bridgehead atoms. The molecule has 2 aromatic rings. The number of aryl methyl sites for hydroxylation is 1. The van der Waals surface area contributed by atoms with Crippen LogP contribution in [0.3, 0.4) is 0 Å². The maximum atomic E-state index is 12.3. The summed E-state index contributed by atoms with van der Waals surface area (Å²) in [7, 11) is 0. The lowest BCUT2D eigenvalue weighted by Gasteiger charge is -2.11. The third-order valence-electron chi connectivity index (χ3n) is 2.94. The highest BCUT2D eigenvalue weighted by Gasteiger charge is 2.11. The van der Waals surface area contributed by atoms with Crippen LogP contribution in [0.15, 0.2) is 34.4 Å². The lowest BCUT2D eigenvalue weighted by Crippen LogP contribution is -2.30. The molecule has 118 valence electrons. The smallest absolute Gasteiger partial charge is 0.387 e. The van der Waals surface area contributed by atoms with Crippen LogP contribution in [0.25, 0.3) is 0 Å². The number of hydrogen-bond donors (Lipinski definition) is 1. The lowest BCUT2D eigenvalue weighted by atomic mass is 10.2. The molecule has 0 unspecified atom stereocenters. The molecule has 1 aromatic carbocycles. The molecule has 22 heavy (non-hydrogen) atoms. The molecule has 1 amide bonds. The minimum atomic E-state index is -2.93. The number of carbonyl (C=O) groups is 1. The fourth-order valence-corrected chi connectivity index (χ4v) is 2.58. The van der Waals surface area contributed by atoms with Crippen LogP contribution in [0.4, 0.5) is 8.78 Å². The number of alkyl halides is 2. The van der Waals surface area contributed by atoms with E-state index < -0.39 is 6.61 Å². The van der Waals surface area contributed by atoms with Gasteiger partial charge in [0.25, 0.3) is 0 Å². The lowest BCUT2D eigenvalue weighted by molar-refractivity contribution is -0.121. The second-order valence-corrected chi connectivity index (χ2v) is 5.31. The minimum Gasteiger partial charge on any atom is -0.434 e. The first-order valence-electron chi connectivity index (χ1n) is 6.41. The van der Waals surface area contributed by atoms with Crippen molar-refractivity contribution in [3.63, 3.8) is 0 Å². The van der Waals surface area contributed by atoms with Gasteiger partial charge in [0, 0.05) is 23.2 Å². The molecule has 1 N–H and O–H groups in total. The Labute approximate surface area is 129 Å². The minimum absolute atomic E-state index is 0.0154. The van der Waals surface area contributed by atoms with E-state index in [9.17, 15) is 18.4 Å². The Morgan fingerprint density at radius 2 is 2.14 bits per heavy atom. The summed E-state index contributed by atoms with van der Waals surface area (Å²) >= 11 is 1.02. The highest BCUT2D eigenvalue weighted by Crippen LogP contribution is 2.19. The van der Waals surface area contributed by atoms with Gasteiger partial charge in [0.1, 0.15) is 12.3 Å². The van der Waals surface area contributed by atoms with Gasteiger partial charge in [-0.25, -0.2) is 0 Å². The Kier molecular flexibility index (Phi) is 5.26. The summed E-state index contributed by atoms with van der Waals surface area (Å²) in [6.07, 6.45) is 0. The summed E-state index contributed by atoms with van der Waals surface area (Å²) in [4.78, 5) is 23.2. The van der Waals surface area contributed by atoms with Crippen molar-refractivity contribution in [1.29, 1.82) is 0 Å².